The van der Waals surface area contributed by atoms with E-state index in [1.807, 2.05) is 0 Å². The number of esters is 1. The summed E-state index contributed by atoms with van der Waals surface area (Å²) in [5, 5.41) is 2.72. The van der Waals surface area contributed by atoms with Crippen molar-refractivity contribution in [2.24, 2.45) is 5.92 Å². The van der Waals surface area contributed by atoms with Gasteiger partial charge >= 0.3 is 5.97 Å². The van der Waals surface area contributed by atoms with Gasteiger partial charge in [-0.25, -0.2) is 4.79 Å². The molecule has 0 unspecified atom stereocenters. The Morgan fingerprint density at radius 2 is 1.95 bits per heavy atom. The fourth-order valence-corrected chi connectivity index (χ4v) is 2.42. The first-order valence-electron chi connectivity index (χ1n) is 6.67. The third-order valence-corrected chi connectivity index (χ3v) is 3.70. The van der Waals surface area contributed by atoms with Crippen LogP contribution in [0.25, 0.3) is 0 Å². The van der Waals surface area contributed by atoms with E-state index in [-0.39, 0.29) is 24.0 Å². The molecule has 2 rings (SSSR count). The molecular formula is C16H17NO4. The number of methoxy groups -OCH3 is 1. The van der Waals surface area contributed by atoms with Crippen molar-refractivity contribution >= 4 is 17.7 Å². The Bertz CT molecular complexity index is 594. The second kappa shape index (κ2) is 5.91. The minimum Gasteiger partial charge on any atom is -0.467 e. The number of amides is 1. The lowest BCUT2D eigenvalue weighted by atomic mass is 9.77. The number of rotatable bonds is 3. The second-order valence-electron chi connectivity index (χ2n) is 5.09. The van der Waals surface area contributed by atoms with E-state index >= 15 is 0 Å². The molecule has 0 heterocycles. The molecule has 0 bridgehead atoms. The smallest absolute Gasteiger partial charge is 0.335 e. The van der Waals surface area contributed by atoms with E-state index in [4.69, 9.17) is 4.74 Å². The molecule has 5 nitrogen and oxygen atoms in total. The summed E-state index contributed by atoms with van der Waals surface area (Å²) in [7, 11) is 1.26. The quantitative estimate of drug-likeness (QED) is 0.855. The van der Waals surface area contributed by atoms with Gasteiger partial charge in [0.2, 0.25) is 0 Å². The molecule has 1 aromatic carbocycles. The number of allylic oxidation sites excluding steroid dienone is 1. The standard InChI is InChI=1S/C16H17NO4/c1-11-10-13(18)8-9-16(11,15(20)21-2)17-14(19)12-6-4-3-5-7-12/h3-9,11H,10H2,1-2H3,(H,17,19)/t11-,16+/m1/s1. The molecule has 2 atom stereocenters. The zero-order chi connectivity index (χ0) is 15.5. The summed E-state index contributed by atoms with van der Waals surface area (Å²) in [6.07, 6.45) is 2.93. The van der Waals surface area contributed by atoms with Crippen molar-refractivity contribution in [2.45, 2.75) is 18.9 Å². The molecular weight excluding hydrogens is 270 g/mol. The second-order valence-corrected chi connectivity index (χ2v) is 5.09. The van der Waals surface area contributed by atoms with Crippen LogP contribution in [-0.2, 0) is 14.3 Å². The van der Waals surface area contributed by atoms with Crippen LogP contribution >= 0.6 is 0 Å². The molecule has 0 saturated carbocycles. The van der Waals surface area contributed by atoms with Crippen molar-refractivity contribution in [1.29, 1.82) is 0 Å². The largest absolute Gasteiger partial charge is 0.467 e. The van der Waals surface area contributed by atoms with Crippen LogP contribution < -0.4 is 5.32 Å². The van der Waals surface area contributed by atoms with Crippen LogP contribution in [0.3, 0.4) is 0 Å². The van der Waals surface area contributed by atoms with Gasteiger partial charge in [-0.3, -0.25) is 9.59 Å². The number of hydrogen-bond acceptors (Lipinski definition) is 4. The monoisotopic (exact) mass is 287 g/mol. The zero-order valence-corrected chi connectivity index (χ0v) is 12.0. The topological polar surface area (TPSA) is 72.5 Å². The van der Waals surface area contributed by atoms with Crippen LogP contribution in [0.15, 0.2) is 42.5 Å². The van der Waals surface area contributed by atoms with Crippen molar-refractivity contribution < 1.29 is 19.1 Å². The SMILES string of the molecule is COC(=O)[C@]1(NC(=O)c2ccccc2)C=CC(=O)C[C@H]1C. The van der Waals surface area contributed by atoms with E-state index in [9.17, 15) is 14.4 Å². The van der Waals surface area contributed by atoms with Gasteiger partial charge in [-0.2, -0.15) is 0 Å². The van der Waals surface area contributed by atoms with Gasteiger partial charge < -0.3 is 10.1 Å². The highest BCUT2D eigenvalue weighted by Crippen LogP contribution is 2.29. The molecule has 1 aliphatic carbocycles. The predicted octanol–water partition coefficient (Wildman–Crippen LogP) is 1.49. The molecule has 110 valence electrons. The Hall–Kier alpha value is -2.43. The fraction of sp³-hybridized carbons (Fsp3) is 0.312. The average molecular weight is 287 g/mol. The molecule has 0 aliphatic heterocycles. The number of ether oxygens (including phenoxy) is 1. The summed E-state index contributed by atoms with van der Waals surface area (Å²) in [5.74, 6) is -1.42. The van der Waals surface area contributed by atoms with Crippen LogP contribution in [0, 0.1) is 5.92 Å². The number of nitrogens with one attached hydrogen (secondary N) is 1. The normalized spacial score (nSPS) is 24.5. The molecule has 0 radical (unpaired) electrons. The Balaban J connectivity index is 2.34. The minimum absolute atomic E-state index is 0.0732. The summed E-state index contributed by atoms with van der Waals surface area (Å²) in [5.41, 5.74) is -0.867. The van der Waals surface area contributed by atoms with E-state index in [1.54, 1.807) is 37.3 Å². The van der Waals surface area contributed by atoms with E-state index in [0.717, 1.165) is 0 Å². The van der Waals surface area contributed by atoms with Crippen molar-refractivity contribution in [2.75, 3.05) is 7.11 Å². The minimum atomic E-state index is -1.31. The molecule has 0 fully saturated rings. The Labute approximate surface area is 123 Å². The van der Waals surface area contributed by atoms with E-state index < -0.39 is 11.5 Å². The van der Waals surface area contributed by atoms with Gasteiger partial charge in [-0.05, 0) is 24.3 Å². The predicted molar refractivity (Wildman–Crippen MR) is 76.6 cm³/mol. The molecule has 5 heteroatoms. The van der Waals surface area contributed by atoms with Crippen molar-refractivity contribution in [3.8, 4) is 0 Å². The lowest BCUT2D eigenvalue weighted by molar-refractivity contribution is -0.148. The number of hydrogen-bond donors (Lipinski definition) is 1. The van der Waals surface area contributed by atoms with Gasteiger partial charge in [0.15, 0.2) is 11.3 Å². The molecule has 1 aromatic rings. The van der Waals surface area contributed by atoms with E-state index in [1.165, 1.54) is 19.3 Å². The van der Waals surface area contributed by atoms with Crippen LogP contribution in [0.4, 0.5) is 0 Å². The van der Waals surface area contributed by atoms with Gasteiger partial charge in [0, 0.05) is 17.9 Å². The van der Waals surface area contributed by atoms with Crippen molar-refractivity contribution in [1.82, 2.24) is 5.32 Å². The highest BCUT2D eigenvalue weighted by Gasteiger charge is 2.46. The van der Waals surface area contributed by atoms with E-state index in [0.29, 0.717) is 5.56 Å². The first-order chi connectivity index (χ1) is 9.99. The van der Waals surface area contributed by atoms with Gasteiger partial charge in [0.05, 0.1) is 7.11 Å². The molecule has 21 heavy (non-hydrogen) atoms. The zero-order valence-electron chi connectivity index (χ0n) is 12.0. The van der Waals surface area contributed by atoms with Gasteiger partial charge in [0.1, 0.15) is 0 Å². The summed E-state index contributed by atoms with van der Waals surface area (Å²) in [6, 6.07) is 8.59. The van der Waals surface area contributed by atoms with Gasteiger partial charge in [-0.1, -0.05) is 25.1 Å². The first-order valence-corrected chi connectivity index (χ1v) is 6.67. The number of carbonyl (C=O) groups is 3. The summed E-state index contributed by atoms with van der Waals surface area (Å²) in [6.45, 7) is 1.74. The molecule has 0 spiro atoms. The van der Waals surface area contributed by atoms with Crippen LogP contribution in [0.1, 0.15) is 23.7 Å². The first kappa shape index (κ1) is 15.0. The Morgan fingerprint density at radius 3 is 2.52 bits per heavy atom. The number of benzene rings is 1. The van der Waals surface area contributed by atoms with Crippen molar-refractivity contribution in [3.63, 3.8) is 0 Å². The summed E-state index contributed by atoms with van der Waals surface area (Å²) < 4.78 is 4.82. The number of carbonyl (C=O) groups excluding carboxylic acids is 3. The van der Waals surface area contributed by atoms with Gasteiger partial charge in [0.25, 0.3) is 5.91 Å². The molecule has 0 aromatic heterocycles. The Morgan fingerprint density at radius 1 is 1.29 bits per heavy atom. The fourth-order valence-electron chi connectivity index (χ4n) is 2.42. The molecule has 0 saturated heterocycles. The summed E-state index contributed by atoms with van der Waals surface area (Å²) >= 11 is 0. The van der Waals surface area contributed by atoms with E-state index in [2.05, 4.69) is 5.32 Å². The van der Waals surface area contributed by atoms with Crippen LogP contribution in [0.5, 0.6) is 0 Å². The molecule has 1 amide bonds. The van der Waals surface area contributed by atoms with Crippen LogP contribution in [0.2, 0.25) is 0 Å². The van der Waals surface area contributed by atoms with Gasteiger partial charge in [-0.15, -0.1) is 0 Å². The highest BCUT2D eigenvalue weighted by atomic mass is 16.5. The maximum atomic E-state index is 12.3. The molecule has 1 N–H and O–H groups in total. The third kappa shape index (κ3) is 2.86. The molecule has 1 aliphatic rings. The average Bonchev–Trinajstić information content (AvgIpc) is 2.50. The summed E-state index contributed by atoms with van der Waals surface area (Å²) in [4.78, 5) is 36.0. The highest BCUT2D eigenvalue weighted by molar-refractivity contribution is 6.01. The third-order valence-electron chi connectivity index (χ3n) is 3.70. The lowest BCUT2D eigenvalue weighted by Crippen LogP contribution is -2.59. The number of ketones is 1. The lowest BCUT2D eigenvalue weighted by Gasteiger charge is -2.36. The Kier molecular flexibility index (Phi) is 4.21. The van der Waals surface area contributed by atoms with Crippen molar-refractivity contribution in [3.05, 3.63) is 48.0 Å². The maximum Gasteiger partial charge on any atom is 0.335 e. The van der Waals surface area contributed by atoms with Crippen LogP contribution in [-0.4, -0.2) is 30.3 Å². The maximum absolute atomic E-state index is 12.3.